The summed E-state index contributed by atoms with van der Waals surface area (Å²) in [7, 11) is 0. The Bertz CT molecular complexity index is 171. The summed E-state index contributed by atoms with van der Waals surface area (Å²) in [5.41, 5.74) is 0. The van der Waals surface area contributed by atoms with Crippen molar-refractivity contribution in [3.8, 4) is 0 Å². The van der Waals surface area contributed by atoms with Gasteiger partial charge in [0, 0.05) is 6.54 Å². The molecule has 0 saturated heterocycles. The molecule has 1 aliphatic carbocycles. The van der Waals surface area contributed by atoms with Crippen LogP contribution < -0.4 is 5.32 Å². The summed E-state index contributed by atoms with van der Waals surface area (Å²) in [4.78, 5) is 10.3. The molecule has 0 bridgehead atoms. The van der Waals surface area contributed by atoms with E-state index in [0.29, 0.717) is 0 Å². The second-order valence-corrected chi connectivity index (χ2v) is 2.95. The molecule has 1 fully saturated rings. The van der Waals surface area contributed by atoms with Gasteiger partial charge < -0.3 is 10.4 Å². The van der Waals surface area contributed by atoms with Gasteiger partial charge in [0.15, 0.2) is 0 Å². The largest absolute Gasteiger partial charge is 0.391 e. The van der Waals surface area contributed by atoms with Crippen LogP contribution in [-0.4, -0.2) is 30.1 Å². The Morgan fingerprint density at radius 2 is 2.17 bits per heavy atom. The number of hydrogen-bond donors (Lipinski definition) is 2. The first-order valence-corrected chi connectivity index (χ1v) is 3.85. The number of carbonyl (C=O) groups is 1. The number of aliphatic hydroxyl groups is 1. The van der Waals surface area contributed by atoms with Gasteiger partial charge in [-0.3, -0.25) is 4.79 Å². The highest BCUT2D eigenvalue weighted by molar-refractivity contribution is 5.79. The molecule has 1 aliphatic rings. The number of nitrogens with one attached hydrogen (secondary N) is 1. The summed E-state index contributed by atoms with van der Waals surface area (Å²) >= 11 is 0. The van der Waals surface area contributed by atoms with Crippen molar-refractivity contribution in [2.24, 2.45) is 5.92 Å². The first-order valence-electron chi connectivity index (χ1n) is 3.85. The Kier molecular flexibility index (Phi) is 2.97. The van der Waals surface area contributed by atoms with Gasteiger partial charge in [-0.1, -0.05) is 0 Å². The zero-order chi connectivity index (χ0) is 9.14. The second kappa shape index (κ2) is 3.80. The third-order valence-corrected chi connectivity index (χ3v) is 1.85. The minimum absolute atomic E-state index is 0.0617. The van der Waals surface area contributed by atoms with Crippen LogP contribution in [0.25, 0.3) is 0 Å². The molecule has 0 aromatic rings. The van der Waals surface area contributed by atoms with E-state index >= 15 is 0 Å². The zero-order valence-electron chi connectivity index (χ0n) is 6.46. The van der Waals surface area contributed by atoms with Gasteiger partial charge in [0.05, 0.1) is 6.10 Å². The highest BCUT2D eigenvalue weighted by atomic mass is 19.3. The molecule has 70 valence electrons. The van der Waals surface area contributed by atoms with Crippen molar-refractivity contribution in [1.82, 2.24) is 5.32 Å². The SMILES string of the molecule is O=C(NCC(O)C1CC1)C(F)F. The molecule has 12 heavy (non-hydrogen) atoms. The lowest BCUT2D eigenvalue weighted by Crippen LogP contribution is -2.36. The number of halogens is 2. The van der Waals surface area contributed by atoms with Crippen LogP contribution >= 0.6 is 0 Å². The minimum Gasteiger partial charge on any atom is -0.391 e. The highest BCUT2D eigenvalue weighted by Gasteiger charge is 2.30. The van der Waals surface area contributed by atoms with Crippen LogP contribution in [0.4, 0.5) is 8.78 Å². The number of alkyl halides is 2. The van der Waals surface area contributed by atoms with Crippen molar-refractivity contribution in [3.63, 3.8) is 0 Å². The molecule has 1 saturated carbocycles. The zero-order valence-corrected chi connectivity index (χ0v) is 6.46. The Labute approximate surface area is 68.8 Å². The van der Waals surface area contributed by atoms with Gasteiger partial charge in [-0.25, -0.2) is 0 Å². The van der Waals surface area contributed by atoms with Gasteiger partial charge in [0.1, 0.15) is 0 Å². The van der Waals surface area contributed by atoms with Crippen molar-refractivity contribution in [1.29, 1.82) is 0 Å². The Balaban J connectivity index is 2.11. The lowest BCUT2D eigenvalue weighted by molar-refractivity contribution is -0.132. The van der Waals surface area contributed by atoms with Crippen LogP contribution in [0.15, 0.2) is 0 Å². The Morgan fingerprint density at radius 3 is 2.58 bits per heavy atom. The number of hydrogen-bond acceptors (Lipinski definition) is 2. The topological polar surface area (TPSA) is 49.3 Å². The van der Waals surface area contributed by atoms with Crippen molar-refractivity contribution in [2.45, 2.75) is 25.4 Å². The molecule has 0 heterocycles. The average molecular weight is 179 g/mol. The van der Waals surface area contributed by atoms with Crippen molar-refractivity contribution >= 4 is 5.91 Å². The lowest BCUT2D eigenvalue weighted by Gasteiger charge is -2.09. The van der Waals surface area contributed by atoms with E-state index in [-0.39, 0.29) is 12.5 Å². The van der Waals surface area contributed by atoms with Gasteiger partial charge in [-0.2, -0.15) is 8.78 Å². The van der Waals surface area contributed by atoms with Gasteiger partial charge in [-0.05, 0) is 18.8 Å². The first kappa shape index (κ1) is 9.38. The molecule has 2 N–H and O–H groups in total. The maximum absolute atomic E-state index is 11.6. The minimum atomic E-state index is -2.99. The fourth-order valence-corrected chi connectivity index (χ4v) is 0.930. The molecule has 1 unspecified atom stereocenters. The van der Waals surface area contributed by atoms with E-state index in [0.717, 1.165) is 12.8 Å². The lowest BCUT2D eigenvalue weighted by atomic mass is 10.2. The van der Waals surface area contributed by atoms with Crippen molar-refractivity contribution in [3.05, 3.63) is 0 Å². The normalized spacial score (nSPS) is 19.3. The maximum Gasteiger partial charge on any atom is 0.315 e. The maximum atomic E-state index is 11.6. The number of aliphatic hydroxyl groups excluding tert-OH is 1. The monoisotopic (exact) mass is 179 g/mol. The quantitative estimate of drug-likeness (QED) is 0.644. The standard InChI is InChI=1S/C7H11F2NO2/c8-6(9)7(12)10-3-5(11)4-1-2-4/h4-6,11H,1-3H2,(H,10,12). The molecule has 1 atom stereocenters. The third kappa shape index (κ3) is 2.73. The molecule has 0 aromatic carbocycles. The molecule has 0 aromatic heterocycles. The molecule has 0 spiro atoms. The second-order valence-electron chi connectivity index (χ2n) is 2.95. The van der Waals surface area contributed by atoms with Gasteiger partial charge in [-0.15, -0.1) is 0 Å². The molecular formula is C7H11F2NO2. The van der Waals surface area contributed by atoms with Crippen LogP contribution in [0.2, 0.25) is 0 Å². The summed E-state index contributed by atoms with van der Waals surface area (Å²) in [6.07, 6.45) is -1.80. The third-order valence-electron chi connectivity index (χ3n) is 1.85. The summed E-state index contributed by atoms with van der Waals surface area (Å²) in [6, 6.07) is 0. The average Bonchev–Trinajstić information content (AvgIpc) is 2.81. The highest BCUT2D eigenvalue weighted by Crippen LogP contribution is 2.32. The number of rotatable bonds is 4. The van der Waals surface area contributed by atoms with Crippen LogP contribution in [0.1, 0.15) is 12.8 Å². The fourth-order valence-electron chi connectivity index (χ4n) is 0.930. The molecule has 5 heteroatoms. The van der Waals surface area contributed by atoms with Crippen LogP contribution in [0.5, 0.6) is 0 Å². The molecule has 0 aliphatic heterocycles. The molecule has 1 rings (SSSR count). The van der Waals surface area contributed by atoms with E-state index in [1.807, 2.05) is 5.32 Å². The number of amides is 1. The summed E-state index contributed by atoms with van der Waals surface area (Å²) < 4.78 is 23.2. The van der Waals surface area contributed by atoms with E-state index < -0.39 is 18.4 Å². The molecule has 3 nitrogen and oxygen atoms in total. The van der Waals surface area contributed by atoms with E-state index in [1.165, 1.54) is 0 Å². The smallest absolute Gasteiger partial charge is 0.315 e. The molecular weight excluding hydrogens is 168 g/mol. The van der Waals surface area contributed by atoms with Gasteiger partial charge in [0.2, 0.25) is 0 Å². The first-order chi connectivity index (χ1) is 5.61. The van der Waals surface area contributed by atoms with E-state index in [4.69, 9.17) is 5.11 Å². The Morgan fingerprint density at radius 1 is 1.58 bits per heavy atom. The molecule has 1 amide bonds. The van der Waals surface area contributed by atoms with Crippen LogP contribution in [0, 0.1) is 5.92 Å². The van der Waals surface area contributed by atoms with Gasteiger partial charge >= 0.3 is 6.43 Å². The summed E-state index contributed by atoms with van der Waals surface area (Å²) in [5, 5.41) is 11.1. The fraction of sp³-hybridized carbons (Fsp3) is 0.857. The van der Waals surface area contributed by atoms with Crippen molar-refractivity contribution in [2.75, 3.05) is 6.54 Å². The van der Waals surface area contributed by atoms with Crippen molar-refractivity contribution < 1.29 is 18.7 Å². The van der Waals surface area contributed by atoms with E-state index in [2.05, 4.69) is 0 Å². The molecule has 0 radical (unpaired) electrons. The van der Waals surface area contributed by atoms with Gasteiger partial charge in [0.25, 0.3) is 5.91 Å². The predicted molar refractivity (Wildman–Crippen MR) is 37.7 cm³/mol. The van der Waals surface area contributed by atoms with Crippen LogP contribution in [0.3, 0.4) is 0 Å². The number of carbonyl (C=O) groups excluding carboxylic acids is 1. The Hall–Kier alpha value is -0.710. The summed E-state index contributed by atoms with van der Waals surface area (Å²) in [6.45, 7) is -0.0617. The predicted octanol–water partition coefficient (Wildman–Crippen LogP) is 0.139. The summed E-state index contributed by atoms with van der Waals surface area (Å²) in [5.74, 6) is -1.11. The van der Waals surface area contributed by atoms with E-state index in [1.54, 1.807) is 0 Å². The van der Waals surface area contributed by atoms with Crippen LogP contribution in [-0.2, 0) is 4.79 Å². The van der Waals surface area contributed by atoms with E-state index in [9.17, 15) is 13.6 Å².